The number of halogens is 7. The van der Waals surface area contributed by atoms with Gasteiger partial charge >= 0.3 is 12.4 Å². The van der Waals surface area contributed by atoms with Crippen molar-refractivity contribution in [2.75, 3.05) is 40.7 Å². The third-order valence-corrected chi connectivity index (χ3v) is 7.25. The van der Waals surface area contributed by atoms with E-state index >= 15 is 0 Å². The fourth-order valence-corrected chi connectivity index (χ4v) is 5.06. The lowest BCUT2D eigenvalue weighted by Crippen LogP contribution is -2.32. The summed E-state index contributed by atoms with van der Waals surface area (Å²) in [6, 6.07) is 5.11. The molecule has 3 aromatic rings. The van der Waals surface area contributed by atoms with Crippen LogP contribution in [0.1, 0.15) is 17.7 Å². The van der Waals surface area contributed by atoms with Gasteiger partial charge in [-0.15, -0.1) is 0 Å². The van der Waals surface area contributed by atoms with E-state index in [4.69, 9.17) is 11.6 Å². The second kappa shape index (κ2) is 10.4. The molecule has 1 aliphatic heterocycles. The molecule has 0 amide bonds. The lowest BCUT2D eigenvalue weighted by Gasteiger charge is -2.24. The third kappa shape index (κ3) is 6.38. The highest BCUT2D eigenvalue weighted by Gasteiger charge is 2.34. The van der Waals surface area contributed by atoms with Crippen LogP contribution in [0.15, 0.2) is 53.7 Å². The largest absolute Gasteiger partial charge is 0.433 e. The van der Waals surface area contributed by atoms with Crippen molar-refractivity contribution in [1.82, 2.24) is 15.0 Å². The minimum atomic E-state index is -4.60. The maximum atomic E-state index is 13.0. The number of sulfonamides is 1. The van der Waals surface area contributed by atoms with E-state index in [1.54, 1.807) is 9.80 Å². The number of hydrogen-bond acceptors (Lipinski definition) is 7. The summed E-state index contributed by atoms with van der Waals surface area (Å²) in [5.74, 6) is 0.282. The number of nitrogens with zero attached hydrogens (tertiary/aromatic N) is 5. The molecule has 0 spiro atoms. The number of rotatable bonds is 5. The summed E-state index contributed by atoms with van der Waals surface area (Å²) >= 11 is 6.36. The van der Waals surface area contributed by atoms with Crippen molar-refractivity contribution in [2.24, 2.45) is 0 Å². The van der Waals surface area contributed by atoms with Crippen LogP contribution in [0.4, 0.5) is 43.8 Å². The van der Waals surface area contributed by atoms with Gasteiger partial charge < -0.3 is 9.80 Å². The smallest absolute Gasteiger partial charge is 0.354 e. The summed E-state index contributed by atoms with van der Waals surface area (Å²) in [6.07, 6.45) is -6.41. The molecule has 0 radical (unpaired) electrons. The van der Waals surface area contributed by atoms with E-state index in [9.17, 15) is 34.8 Å². The molecule has 1 saturated heterocycles. The van der Waals surface area contributed by atoms with Crippen LogP contribution in [0, 0.1) is 0 Å². The SMILES string of the molecule is O=S(=O)(Nc1cnc(N2CCCN(c3nccc(C(F)(F)F)n3)CC2)c(Cl)c1)c1ccc(C(F)(F)F)cc1. The molecule has 2 aromatic heterocycles. The fourth-order valence-electron chi connectivity index (χ4n) is 3.74. The van der Waals surface area contributed by atoms with Crippen molar-refractivity contribution in [1.29, 1.82) is 0 Å². The molecule has 204 valence electrons. The molecule has 0 aliphatic carbocycles. The molecule has 0 unspecified atom stereocenters. The van der Waals surface area contributed by atoms with Gasteiger partial charge in [0, 0.05) is 32.4 Å². The van der Waals surface area contributed by atoms with Crippen molar-refractivity contribution < 1.29 is 34.8 Å². The summed E-state index contributed by atoms with van der Waals surface area (Å²) in [5, 5.41) is 0.0985. The predicted octanol–water partition coefficient (Wildman–Crippen LogP) is 5.08. The van der Waals surface area contributed by atoms with Crippen molar-refractivity contribution in [3.63, 3.8) is 0 Å². The molecule has 3 heterocycles. The Morgan fingerprint density at radius 1 is 0.868 bits per heavy atom. The van der Waals surface area contributed by atoms with Crippen LogP contribution in [0.25, 0.3) is 0 Å². The Labute approximate surface area is 218 Å². The number of benzene rings is 1. The molecule has 1 aliphatic rings. The van der Waals surface area contributed by atoms with E-state index in [2.05, 4.69) is 19.7 Å². The van der Waals surface area contributed by atoms with Gasteiger partial charge in [0.15, 0.2) is 0 Å². The maximum absolute atomic E-state index is 13.0. The Bertz CT molecular complexity index is 1400. The van der Waals surface area contributed by atoms with Gasteiger partial charge in [-0.1, -0.05) is 11.6 Å². The van der Waals surface area contributed by atoms with E-state index in [0.717, 1.165) is 24.4 Å². The van der Waals surface area contributed by atoms with Gasteiger partial charge in [-0.25, -0.2) is 23.4 Å². The number of aromatic nitrogens is 3. The fraction of sp³-hybridized carbons (Fsp3) is 0.318. The molecule has 0 bridgehead atoms. The Morgan fingerprint density at radius 2 is 1.53 bits per heavy atom. The molecule has 1 N–H and O–H groups in total. The first-order valence-electron chi connectivity index (χ1n) is 11.0. The molecule has 0 saturated carbocycles. The second-order valence-electron chi connectivity index (χ2n) is 8.22. The molecule has 1 aromatic carbocycles. The quantitative estimate of drug-likeness (QED) is 0.421. The van der Waals surface area contributed by atoms with Gasteiger partial charge in [0.05, 0.1) is 27.4 Å². The molecule has 4 rings (SSSR count). The first-order chi connectivity index (χ1) is 17.7. The first kappa shape index (κ1) is 27.7. The number of alkyl halides is 6. The number of anilines is 3. The minimum absolute atomic E-state index is 0.00698. The monoisotopic (exact) mass is 580 g/mol. The lowest BCUT2D eigenvalue weighted by atomic mass is 10.2. The van der Waals surface area contributed by atoms with Crippen molar-refractivity contribution in [2.45, 2.75) is 23.7 Å². The van der Waals surface area contributed by atoms with Crippen molar-refractivity contribution in [3.8, 4) is 0 Å². The first-order valence-corrected chi connectivity index (χ1v) is 12.9. The zero-order valence-corrected chi connectivity index (χ0v) is 20.8. The average molecular weight is 581 g/mol. The van der Waals surface area contributed by atoms with Gasteiger partial charge in [0.1, 0.15) is 11.5 Å². The van der Waals surface area contributed by atoms with Crippen LogP contribution in [-0.4, -0.2) is 49.5 Å². The molecule has 1 fully saturated rings. The summed E-state index contributed by atoms with van der Waals surface area (Å²) < 4.78 is 105. The summed E-state index contributed by atoms with van der Waals surface area (Å²) in [4.78, 5) is 14.8. The van der Waals surface area contributed by atoms with E-state index in [1.807, 2.05) is 0 Å². The highest BCUT2D eigenvalue weighted by atomic mass is 35.5. The average Bonchev–Trinajstić information content (AvgIpc) is 3.09. The van der Waals surface area contributed by atoms with Crippen LogP contribution in [0.5, 0.6) is 0 Å². The zero-order valence-electron chi connectivity index (χ0n) is 19.3. The Morgan fingerprint density at radius 3 is 2.16 bits per heavy atom. The standard InChI is InChI=1S/C22H19ClF6N6O2S/c23-17-12-15(33-38(36,37)16-4-2-14(3-5-16)21(24,25)26)13-31-19(17)34-8-1-9-35(11-10-34)20-30-7-6-18(32-20)22(27,28)29/h2-7,12-13,33H,1,8-11H2. The summed E-state index contributed by atoms with van der Waals surface area (Å²) in [7, 11) is -4.22. The maximum Gasteiger partial charge on any atom is 0.433 e. The van der Waals surface area contributed by atoms with Gasteiger partial charge in [0.25, 0.3) is 10.0 Å². The second-order valence-corrected chi connectivity index (χ2v) is 10.3. The molecule has 16 heteroatoms. The van der Waals surface area contributed by atoms with Crippen molar-refractivity contribution >= 4 is 39.1 Å². The Balaban J connectivity index is 1.45. The topological polar surface area (TPSA) is 91.3 Å². The Kier molecular flexibility index (Phi) is 7.61. The normalized spacial score (nSPS) is 15.3. The van der Waals surface area contributed by atoms with Crippen LogP contribution in [-0.2, 0) is 22.4 Å². The van der Waals surface area contributed by atoms with E-state index < -0.39 is 33.6 Å². The van der Waals surface area contributed by atoms with Crippen molar-refractivity contribution in [3.05, 3.63) is 65.1 Å². The predicted molar refractivity (Wildman–Crippen MR) is 128 cm³/mol. The molecular formula is C22H19ClF6N6O2S. The summed E-state index contributed by atoms with van der Waals surface area (Å²) in [5.41, 5.74) is -2.03. The lowest BCUT2D eigenvalue weighted by molar-refractivity contribution is -0.141. The van der Waals surface area contributed by atoms with Gasteiger partial charge in [0.2, 0.25) is 5.95 Å². The minimum Gasteiger partial charge on any atom is -0.354 e. The van der Waals surface area contributed by atoms with E-state index in [-0.39, 0.29) is 28.1 Å². The molecule has 38 heavy (non-hydrogen) atoms. The Hall–Kier alpha value is -3.33. The molecule has 0 atom stereocenters. The summed E-state index contributed by atoms with van der Waals surface area (Å²) in [6.45, 7) is 1.45. The van der Waals surface area contributed by atoms with Crippen LogP contribution in [0.3, 0.4) is 0 Å². The van der Waals surface area contributed by atoms with Gasteiger partial charge in [-0.3, -0.25) is 4.72 Å². The van der Waals surface area contributed by atoms with Gasteiger partial charge in [-0.05, 0) is 42.8 Å². The van der Waals surface area contributed by atoms with Gasteiger partial charge in [-0.2, -0.15) is 26.3 Å². The highest BCUT2D eigenvalue weighted by molar-refractivity contribution is 7.92. The number of hydrogen-bond donors (Lipinski definition) is 1. The van der Waals surface area contributed by atoms with E-state index in [0.29, 0.717) is 44.0 Å². The highest BCUT2D eigenvalue weighted by Crippen LogP contribution is 2.32. The van der Waals surface area contributed by atoms with Crippen LogP contribution in [0.2, 0.25) is 5.02 Å². The van der Waals surface area contributed by atoms with Crippen LogP contribution >= 0.6 is 11.6 Å². The van der Waals surface area contributed by atoms with E-state index in [1.165, 1.54) is 12.3 Å². The number of pyridine rings is 1. The molecule has 8 nitrogen and oxygen atoms in total. The number of nitrogens with one attached hydrogen (secondary N) is 1. The third-order valence-electron chi connectivity index (χ3n) is 5.58. The molecular weight excluding hydrogens is 562 g/mol. The van der Waals surface area contributed by atoms with Crippen LogP contribution < -0.4 is 14.5 Å². The zero-order chi connectivity index (χ0) is 27.7.